The number of unbranched alkanes of at least 4 members (excludes halogenated alkanes) is 31. The van der Waals surface area contributed by atoms with Gasteiger partial charge in [0.15, 0.2) is 12.2 Å². The van der Waals surface area contributed by atoms with E-state index in [0.717, 1.165) is 199 Å². The lowest BCUT2D eigenvalue weighted by Crippen LogP contribution is -2.30. The van der Waals surface area contributed by atoms with Crippen LogP contribution < -0.4 is 0 Å². The molecule has 5 atom stereocenters. The number of hydrogen-bond donors (Lipinski definition) is 3. The van der Waals surface area contributed by atoms with Gasteiger partial charge in [-0.2, -0.15) is 0 Å². The van der Waals surface area contributed by atoms with Gasteiger partial charge in [-0.05, 0) is 128 Å². The number of phosphoric ester groups is 2. The fourth-order valence-electron chi connectivity index (χ4n) is 10.7. The zero-order chi connectivity index (χ0) is 74.6. The van der Waals surface area contributed by atoms with Gasteiger partial charge in [0.25, 0.3) is 0 Å². The number of carbonyl (C=O) groups is 4. The summed E-state index contributed by atoms with van der Waals surface area (Å²) in [6.45, 7) is 4.61. The number of allylic oxidation sites excluding steroid dienone is 18. The zero-order valence-corrected chi connectivity index (χ0v) is 66.0. The van der Waals surface area contributed by atoms with Crippen molar-refractivity contribution in [2.45, 2.75) is 354 Å². The molecule has 0 aromatic carbocycles. The average molecular weight is 1480 g/mol. The van der Waals surface area contributed by atoms with E-state index in [0.29, 0.717) is 25.7 Å². The molecule has 3 N–H and O–H groups in total. The number of rotatable bonds is 75. The minimum Gasteiger partial charge on any atom is -0.462 e. The molecule has 19 heteroatoms. The number of aliphatic hydroxyl groups is 1. The van der Waals surface area contributed by atoms with E-state index in [1.165, 1.54) is 57.8 Å². The molecule has 0 fully saturated rings. The Bertz CT molecular complexity index is 2360. The van der Waals surface area contributed by atoms with Crippen LogP contribution >= 0.6 is 15.6 Å². The molecular weight excluding hydrogens is 1330 g/mol. The van der Waals surface area contributed by atoms with E-state index >= 15 is 0 Å². The summed E-state index contributed by atoms with van der Waals surface area (Å²) in [7, 11) is -9.96. The standard InChI is InChI=1S/C83H144O17P2/c1-5-9-13-17-21-25-29-32-35-37-38-40-42-45-49-52-56-60-64-68-81(86)94-74-79(100-83(88)70-66-62-58-54-50-46-43-39-36-33-30-26-22-18-14-10-6-2)76-98-102(91,92)96-72-77(84)71-95-101(89,90)97-75-78(99-82(87)69-65-61-57-53-47-28-24-20-16-12-8-4)73-93-80(85)67-63-59-55-51-48-44-41-34-31-27-23-19-15-11-7-3/h9-10,13-14,21-23,25-27,32-36,38,40-41,77-79,84H,5-8,11-12,15-20,24,28-31,37,39,42-76H2,1-4H3,(H,89,90)(H,91,92)/b13-9-,14-10-,25-21-,26-22-,27-23-,35-32-,36-33-,40-38-,41-34-. The molecule has 0 aliphatic heterocycles. The minimum absolute atomic E-state index is 0.0792. The zero-order valence-electron chi connectivity index (χ0n) is 64.3. The maximum Gasteiger partial charge on any atom is 0.472 e. The van der Waals surface area contributed by atoms with Crippen molar-refractivity contribution in [2.75, 3.05) is 39.6 Å². The molecule has 0 aliphatic carbocycles. The number of esters is 4. The third-order valence-corrected chi connectivity index (χ3v) is 18.6. The fraction of sp³-hybridized carbons (Fsp3) is 0.735. The number of aliphatic hydroxyl groups excluding tert-OH is 1. The number of phosphoric acid groups is 2. The number of carbonyl (C=O) groups excluding carboxylic acids is 4. The molecule has 102 heavy (non-hydrogen) atoms. The Morgan fingerprint density at radius 3 is 0.804 bits per heavy atom. The topological polar surface area (TPSA) is 237 Å². The van der Waals surface area contributed by atoms with E-state index in [1.807, 2.05) is 0 Å². The maximum absolute atomic E-state index is 13.1. The Morgan fingerprint density at radius 2 is 0.510 bits per heavy atom. The van der Waals surface area contributed by atoms with Gasteiger partial charge < -0.3 is 33.8 Å². The third kappa shape index (κ3) is 74.0. The van der Waals surface area contributed by atoms with Crippen LogP contribution in [0.5, 0.6) is 0 Å². The van der Waals surface area contributed by atoms with Crippen molar-refractivity contribution < 1.29 is 80.2 Å². The molecule has 0 bridgehead atoms. The molecule has 0 aliphatic rings. The third-order valence-electron chi connectivity index (χ3n) is 16.7. The normalized spacial score (nSPS) is 14.5. The first-order valence-corrected chi connectivity index (χ1v) is 43.1. The van der Waals surface area contributed by atoms with Crippen LogP contribution in [-0.4, -0.2) is 96.7 Å². The predicted octanol–water partition coefficient (Wildman–Crippen LogP) is 23.3. The monoisotopic (exact) mass is 1470 g/mol. The molecule has 17 nitrogen and oxygen atoms in total. The van der Waals surface area contributed by atoms with Crippen LogP contribution in [0.3, 0.4) is 0 Å². The van der Waals surface area contributed by atoms with Crippen LogP contribution in [-0.2, 0) is 65.4 Å². The summed E-state index contributed by atoms with van der Waals surface area (Å²) in [5.74, 6) is -2.20. The largest absolute Gasteiger partial charge is 0.472 e. The first-order valence-electron chi connectivity index (χ1n) is 40.1. The van der Waals surface area contributed by atoms with Crippen molar-refractivity contribution in [2.24, 2.45) is 0 Å². The minimum atomic E-state index is -4.98. The second-order valence-corrected chi connectivity index (χ2v) is 29.5. The lowest BCUT2D eigenvalue weighted by molar-refractivity contribution is -0.161. The van der Waals surface area contributed by atoms with Crippen molar-refractivity contribution in [3.05, 3.63) is 109 Å². The van der Waals surface area contributed by atoms with Gasteiger partial charge in [0.2, 0.25) is 0 Å². The second-order valence-electron chi connectivity index (χ2n) is 26.6. The number of hydrogen-bond acceptors (Lipinski definition) is 15. The Labute approximate surface area is 619 Å². The Balaban J connectivity index is 5.35. The quantitative estimate of drug-likeness (QED) is 0.0169. The molecule has 0 spiro atoms. The summed E-state index contributed by atoms with van der Waals surface area (Å²) in [4.78, 5) is 73.0. The molecule has 0 aromatic rings. The highest BCUT2D eigenvalue weighted by atomic mass is 31.2. The summed E-state index contributed by atoms with van der Waals surface area (Å²) in [5, 5.41) is 10.6. The van der Waals surface area contributed by atoms with Gasteiger partial charge in [0, 0.05) is 25.7 Å². The van der Waals surface area contributed by atoms with Crippen LogP contribution in [0.15, 0.2) is 109 Å². The Morgan fingerprint density at radius 1 is 0.284 bits per heavy atom. The summed E-state index contributed by atoms with van der Waals surface area (Å²) < 4.78 is 68.6. The van der Waals surface area contributed by atoms with Crippen LogP contribution in [0.4, 0.5) is 0 Å². The van der Waals surface area contributed by atoms with Crippen molar-refractivity contribution in [1.29, 1.82) is 0 Å². The number of ether oxygens (including phenoxy) is 4. The van der Waals surface area contributed by atoms with Gasteiger partial charge in [0.05, 0.1) is 26.4 Å². The molecule has 0 heterocycles. The van der Waals surface area contributed by atoms with Crippen molar-refractivity contribution in [1.82, 2.24) is 0 Å². The molecule has 0 radical (unpaired) electrons. The van der Waals surface area contributed by atoms with Gasteiger partial charge in [0.1, 0.15) is 19.3 Å². The molecule has 0 amide bonds. The highest BCUT2D eigenvalue weighted by molar-refractivity contribution is 7.47. The van der Waals surface area contributed by atoms with E-state index in [9.17, 15) is 43.2 Å². The van der Waals surface area contributed by atoms with Gasteiger partial charge in [-0.25, -0.2) is 9.13 Å². The first kappa shape index (κ1) is 97.7. The van der Waals surface area contributed by atoms with Crippen LogP contribution in [0.2, 0.25) is 0 Å². The van der Waals surface area contributed by atoms with E-state index in [1.54, 1.807) is 0 Å². The lowest BCUT2D eigenvalue weighted by Gasteiger charge is -2.21. The smallest absolute Gasteiger partial charge is 0.462 e. The first-order chi connectivity index (χ1) is 49.7. The highest BCUT2D eigenvalue weighted by Crippen LogP contribution is 2.45. The van der Waals surface area contributed by atoms with Gasteiger partial charge in [-0.15, -0.1) is 0 Å². The summed E-state index contributed by atoms with van der Waals surface area (Å²) in [5.41, 5.74) is 0. The molecule has 0 rings (SSSR count). The maximum atomic E-state index is 13.1. The molecule has 5 unspecified atom stereocenters. The van der Waals surface area contributed by atoms with E-state index < -0.39 is 97.5 Å². The van der Waals surface area contributed by atoms with Crippen molar-refractivity contribution >= 4 is 39.5 Å². The highest BCUT2D eigenvalue weighted by Gasteiger charge is 2.30. The van der Waals surface area contributed by atoms with Gasteiger partial charge in [-0.3, -0.25) is 37.3 Å². The van der Waals surface area contributed by atoms with Crippen LogP contribution in [0.1, 0.15) is 336 Å². The molecule has 0 saturated heterocycles. The molecule has 0 saturated carbocycles. The SMILES string of the molecule is CC/C=C\C/C=C\C/C=C\C/C=C\CCCCCCCCC(=O)OCC(COP(=O)(O)OCC(O)COP(=O)(O)OCC(COC(=O)CCCCCCC/C=C\C/C=C\CCCCC)OC(=O)CCCCCCCCCCCCC)OC(=O)CCCCCCCCC/C=C\C/C=C\C/C=C\CC. The van der Waals surface area contributed by atoms with Crippen LogP contribution in [0.25, 0.3) is 0 Å². The van der Waals surface area contributed by atoms with E-state index in [4.69, 9.17) is 37.0 Å². The fourth-order valence-corrected chi connectivity index (χ4v) is 12.2. The van der Waals surface area contributed by atoms with Gasteiger partial charge >= 0.3 is 39.5 Å². The Kier molecular flexibility index (Phi) is 71.8. The molecule has 588 valence electrons. The second kappa shape index (κ2) is 75.0. The van der Waals surface area contributed by atoms with Crippen LogP contribution in [0, 0.1) is 0 Å². The Hall–Kier alpha value is -4.28. The van der Waals surface area contributed by atoms with Gasteiger partial charge in [-0.1, -0.05) is 291 Å². The van der Waals surface area contributed by atoms with Crippen molar-refractivity contribution in [3.63, 3.8) is 0 Å². The predicted molar refractivity (Wildman–Crippen MR) is 418 cm³/mol. The molecular formula is C83H144O17P2. The molecule has 0 aromatic heterocycles. The summed E-state index contributed by atoms with van der Waals surface area (Å²) in [6, 6.07) is 0. The van der Waals surface area contributed by atoms with E-state index in [-0.39, 0.29) is 25.7 Å². The van der Waals surface area contributed by atoms with Crippen molar-refractivity contribution in [3.8, 4) is 0 Å². The summed E-state index contributed by atoms with van der Waals surface area (Å²) in [6.07, 6.45) is 80.6. The summed E-state index contributed by atoms with van der Waals surface area (Å²) >= 11 is 0. The van der Waals surface area contributed by atoms with E-state index in [2.05, 4.69) is 137 Å². The average Bonchev–Trinajstić information content (AvgIpc) is 0.921. The lowest BCUT2D eigenvalue weighted by atomic mass is 10.1.